The summed E-state index contributed by atoms with van der Waals surface area (Å²) in [6, 6.07) is 16.3. The first-order valence-electron chi connectivity index (χ1n) is 14.8. The number of esters is 1. The van der Waals surface area contributed by atoms with Crippen molar-refractivity contribution in [3.63, 3.8) is 0 Å². The lowest BCUT2D eigenvalue weighted by atomic mass is 9.84. The van der Waals surface area contributed by atoms with E-state index in [2.05, 4.69) is 16.0 Å². The van der Waals surface area contributed by atoms with Crippen molar-refractivity contribution in [3.8, 4) is 0 Å². The first kappa shape index (κ1) is 33.2. The van der Waals surface area contributed by atoms with Crippen LogP contribution in [0.2, 0.25) is 0 Å². The largest absolute Gasteiger partial charge is 0.465 e. The number of ketones is 1. The van der Waals surface area contributed by atoms with E-state index >= 15 is 0 Å². The van der Waals surface area contributed by atoms with Crippen molar-refractivity contribution >= 4 is 35.6 Å². The summed E-state index contributed by atoms with van der Waals surface area (Å²) in [6.07, 6.45) is 8.54. The maximum atomic E-state index is 13.6. The van der Waals surface area contributed by atoms with E-state index in [1.807, 2.05) is 60.7 Å². The number of ether oxygens (including phenoxy) is 2. The smallest absolute Gasteiger partial charge is 0.325 e. The van der Waals surface area contributed by atoms with Crippen molar-refractivity contribution in [2.24, 2.45) is 5.92 Å². The number of nitrogens with one attached hydrogen (secondary N) is 3. The Morgan fingerprint density at radius 1 is 0.884 bits per heavy atom. The van der Waals surface area contributed by atoms with Crippen molar-refractivity contribution in [3.05, 3.63) is 77.9 Å². The molecule has 1 aliphatic carbocycles. The zero-order chi connectivity index (χ0) is 30.9. The van der Waals surface area contributed by atoms with Gasteiger partial charge in [-0.1, -0.05) is 92.8 Å². The van der Waals surface area contributed by atoms with Crippen LogP contribution in [0, 0.1) is 5.92 Å². The van der Waals surface area contributed by atoms with Gasteiger partial charge >= 0.3 is 5.97 Å². The summed E-state index contributed by atoms with van der Waals surface area (Å²) in [7, 11) is 0. The lowest BCUT2D eigenvalue weighted by Crippen LogP contribution is -2.55. The Bertz CT molecular complexity index is 1230. The number of hydrogen-bond donors (Lipinski definition) is 3. The minimum Gasteiger partial charge on any atom is -0.465 e. The van der Waals surface area contributed by atoms with Crippen LogP contribution in [0.15, 0.2) is 66.7 Å². The number of Topliss-reactive ketones (excluding diaryl/α,β-unsaturated/α-hetero) is 1. The highest BCUT2D eigenvalue weighted by molar-refractivity contribution is 6.38. The van der Waals surface area contributed by atoms with Crippen LogP contribution >= 0.6 is 0 Å². The maximum Gasteiger partial charge on any atom is 0.325 e. The fourth-order valence-corrected chi connectivity index (χ4v) is 4.88. The molecule has 230 valence electrons. The zero-order valence-electron chi connectivity index (χ0n) is 24.6. The Morgan fingerprint density at radius 3 is 2.23 bits per heavy atom. The van der Waals surface area contributed by atoms with Crippen LogP contribution in [0.25, 0.3) is 6.08 Å². The van der Waals surface area contributed by atoms with Gasteiger partial charge in [-0.05, 0) is 36.5 Å². The average molecular weight is 592 g/mol. The third-order valence-electron chi connectivity index (χ3n) is 7.10. The van der Waals surface area contributed by atoms with E-state index in [9.17, 15) is 24.0 Å². The number of carbonyl (C=O) groups excluding carboxylic acids is 5. The van der Waals surface area contributed by atoms with Crippen molar-refractivity contribution in [2.45, 2.75) is 64.1 Å². The second-order valence-corrected chi connectivity index (χ2v) is 10.5. The van der Waals surface area contributed by atoms with E-state index < -0.39 is 48.1 Å². The topological polar surface area (TPSA) is 140 Å². The number of amides is 3. The SMILES string of the molecule is CCOC(=O)CNC(=O)C(=O)[C@H](COCc1ccccc1)NC(=O)[C@H](CC1CCCCC1)NC(=O)/C=C/c1ccccc1. The average Bonchev–Trinajstić information content (AvgIpc) is 3.03. The predicted molar refractivity (Wildman–Crippen MR) is 161 cm³/mol. The van der Waals surface area contributed by atoms with Gasteiger partial charge in [0.2, 0.25) is 17.6 Å². The molecule has 10 heteroatoms. The molecule has 0 unspecified atom stereocenters. The molecule has 2 aromatic rings. The lowest BCUT2D eigenvalue weighted by Gasteiger charge is -2.27. The Labute approximate surface area is 252 Å². The summed E-state index contributed by atoms with van der Waals surface area (Å²) < 4.78 is 10.5. The van der Waals surface area contributed by atoms with Gasteiger partial charge < -0.3 is 25.4 Å². The fourth-order valence-electron chi connectivity index (χ4n) is 4.88. The monoisotopic (exact) mass is 591 g/mol. The summed E-state index contributed by atoms with van der Waals surface area (Å²) in [4.78, 5) is 63.9. The fraction of sp³-hybridized carbons (Fsp3) is 0.424. The molecule has 0 heterocycles. The Balaban J connectivity index is 1.72. The molecule has 3 amide bonds. The molecular formula is C33H41N3O7. The highest BCUT2D eigenvalue weighted by Crippen LogP contribution is 2.27. The Hall–Kier alpha value is -4.31. The normalized spacial score (nSPS) is 14.8. The van der Waals surface area contributed by atoms with Gasteiger partial charge in [-0.2, -0.15) is 0 Å². The zero-order valence-corrected chi connectivity index (χ0v) is 24.6. The van der Waals surface area contributed by atoms with Crippen LogP contribution in [-0.2, 0) is 40.1 Å². The van der Waals surface area contributed by atoms with Gasteiger partial charge in [0.05, 0.1) is 19.8 Å². The molecule has 1 fully saturated rings. The minimum absolute atomic E-state index is 0.128. The molecule has 0 radical (unpaired) electrons. The third kappa shape index (κ3) is 12.2. The van der Waals surface area contributed by atoms with Gasteiger partial charge in [0.1, 0.15) is 18.6 Å². The van der Waals surface area contributed by atoms with Gasteiger partial charge in [0.25, 0.3) is 5.91 Å². The summed E-state index contributed by atoms with van der Waals surface area (Å²) in [6.45, 7) is 1.13. The van der Waals surface area contributed by atoms with Crippen molar-refractivity contribution in [1.29, 1.82) is 0 Å². The molecule has 3 rings (SSSR count). The molecule has 2 atom stereocenters. The Kier molecular flexibility index (Phi) is 14.1. The van der Waals surface area contributed by atoms with Gasteiger partial charge in [0, 0.05) is 6.08 Å². The molecule has 0 bridgehead atoms. The number of rotatable bonds is 16. The van der Waals surface area contributed by atoms with E-state index in [1.165, 1.54) is 6.08 Å². The Morgan fingerprint density at radius 2 is 1.56 bits per heavy atom. The summed E-state index contributed by atoms with van der Waals surface area (Å²) in [5.74, 6) is -3.53. The second-order valence-electron chi connectivity index (χ2n) is 10.5. The predicted octanol–water partition coefficient (Wildman–Crippen LogP) is 3.11. The van der Waals surface area contributed by atoms with Gasteiger partial charge in [-0.25, -0.2) is 0 Å². The lowest BCUT2D eigenvalue weighted by molar-refractivity contribution is -0.146. The molecule has 1 aliphatic rings. The molecule has 2 aromatic carbocycles. The summed E-state index contributed by atoms with van der Waals surface area (Å²) in [5, 5.41) is 7.67. The molecule has 1 saturated carbocycles. The maximum absolute atomic E-state index is 13.6. The molecule has 43 heavy (non-hydrogen) atoms. The molecule has 3 N–H and O–H groups in total. The standard InChI is InChI=1S/C33H41N3O7/c1-2-43-30(38)21-34-33(41)31(39)28(23-42-22-26-16-10-5-11-17-26)36-32(40)27(20-25-14-8-4-9-15-25)35-29(37)19-18-24-12-6-3-7-13-24/h3,5-7,10-13,16-19,25,27-28H,2,4,8-9,14-15,20-23H2,1H3,(H,34,41)(H,35,37)(H,36,40)/b19-18+/t27-,28-/m0/s1. The first-order valence-corrected chi connectivity index (χ1v) is 14.8. The van der Waals surface area contributed by atoms with Crippen LogP contribution in [0.5, 0.6) is 0 Å². The second kappa shape index (κ2) is 18.3. The van der Waals surface area contributed by atoms with Crippen molar-refractivity contribution < 1.29 is 33.4 Å². The summed E-state index contributed by atoms with van der Waals surface area (Å²) >= 11 is 0. The van der Waals surface area contributed by atoms with Gasteiger partial charge in [-0.3, -0.25) is 24.0 Å². The van der Waals surface area contributed by atoms with Gasteiger partial charge in [-0.15, -0.1) is 0 Å². The first-order chi connectivity index (χ1) is 20.9. The van der Waals surface area contributed by atoms with E-state index in [0.717, 1.165) is 43.2 Å². The molecule has 0 aliphatic heterocycles. The molecular weight excluding hydrogens is 550 g/mol. The van der Waals surface area contributed by atoms with E-state index in [0.29, 0.717) is 6.42 Å². The van der Waals surface area contributed by atoms with Crippen LogP contribution in [0.3, 0.4) is 0 Å². The van der Waals surface area contributed by atoms with Crippen LogP contribution in [0.4, 0.5) is 0 Å². The minimum atomic E-state index is -1.34. The van der Waals surface area contributed by atoms with Crippen LogP contribution < -0.4 is 16.0 Å². The number of benzene rings is 2. The van der Waals surface area contributed by atoms with E-state index in [4.69, 9.17) is 9.47 Å². The molecule has 10 nitrogen and oxygen atoms in total. The van der Waals surface area contributed by atoms with Crippen LogP contribution in [-0.4, -0.2) is 61.3 Å². The molecule has 0 saturated heterocycles. The number of hydrogen-bond acceptors (Lipinski definition) is 7. The van der Waals surface area contributed by atoms with E-state index in [-0.39, 0.29) is 25.7 Å². The quantitative estimate of drug-likeness (QED) is 0.155. The van der Waals surface area contributed by atoms with Gasteiger partial charge in [0.15, 0.2) is 0 Å². The highest BCUT2D eigenvalue weighted by atomic mass is 16.5. The van der Waals surface area contributed by atoms with Crippen molar-refractivity contribution in [1.82, 2.24) is 16.0 Å². The highest BCUT2D eigenvalue weighted by Gasteiger charge is 2.32. The molecule has 0 aromatic heterocycles. The van der Waals surface area contributed by atoms with Crippen molar-refractivity contribution in [2.75, 3.05) is 19.8 Å². The number of carbonyl (C=O) groups is 5. The van der Waals surface area contributed by atoms with Crippen LogP contribution in [0.1, 0.15) is 56.6 Å². The third-order valence-corrected chi connectivity index (χ3v) is 7.10. The van der Waals surface area contributed by atoms with E-state index in [1.54, 1.807) is 13.0 Å². The molecule has 0 spiro atoms. The summed E-state index contributed by atoms with van der Waals surface area (Å²) in [5.41, 5.74) is 1.68.